The molecule has 3 aromatic carbocycles. The predicted molar refractivity (Wildman–Crippen MR) is 334 cm³/mol. The smallest absolute Gasteiger partial charge is 0.325 e. The molecule has 89 heavy (non-hydrogen) atoms. The number of amides is 11. The molecule has 0 saturated carbocycles. The molecule has 11 amide bonds. The molecule has 0 saturated heterocycles. The molecule has 0 heterocycles. The molecule has 0 aliphatic heterocycles. The third kappa shape index (κ3) is 27.5. The fraction of sp³-hybridized carbons (Fsp3) is 0.531. The Morgan fingerprint density at radius 2 is 0.640 bits per heavy atom. The number of carbonyl (C=O) groups excluding carboxylic acids is 11. The monoisotopic (exact) mass is 1240 g/mol. The Morgan fingerprint density at radius 1 is 0.348 bits per heavy atom. The molecule has 3 rings (SSSR count). The average Bonchev–Trinajstić information content (AvgIpc) is 2.82. The molecule has 0 fully saturated rings. The van der Waals surface area contributed by atoms with Gasteiger partial charge < -0.3 is 69.3 Å². The second-order valence-corrected chi connectivity index (χ2v) is 24.2. The van der Waals surface area contributed by atoms with Crippen LogP contribution >= 0.6 is 0 Å². The van der Waals surface area contributed by atoms with Crippen molar-refractivity contribution in [1.29, 1.82) is 0 Å². The van der Waals surface area contributed by atoms with Gasteiger partial charge in [-0.25, -0.2) is 0 Å². The number of hydrogen-bond donors (Lipinski definition) is 13. The number of nitrogens with two attached hydrogens (primary N) is 1. The highest BCUT2D eigenvalue weighted by Gasteiger charge is 2.36. The van der Waals surface area contributed by atoms with Crippen LogP contribution in [0.3, 0.4) is 0 Å². The van der Waals surface area contributed by atoms with E-state index in [1.54, 1.807) is 119 Å². The summed E-state index contributed by atoms with van der Waals surface area (Å²) >= 11 is 0. The lowest BCUT2D eigenvalue weighted by Gasteiger charge is -2.29. The Hall–Kier alpha value is -8.74. The number of carboxylic acid groups (broad SMARTS) is 1. The summed E-state index contributed by atoms with van der Waals surface area (Å²) in [7, 11) is 0. The van der Waals surface area contributed by atoms with Crippen molar-refractivity contribution in [3.63, 3.8) is 0 Å². The van der Waals surface area contributed by atoms with E-state index < -0.39 is 144 Å². The van der Waals surface area contributed by atoms with E-state index in [1.807, 2.05) is 41.5 Å². The maximum atomic E-state index is 14.3. The topological polar surface area (TPSA) is 383 Å². The van der Waals surface area contributed by atoms with Gasteiger partial charge in [-0.3, -0.25) is 57.5 Å². The fourth-order valence-electron chi connectivity index (χ4n) is 9.36. The first-order valence-corrected chi connectivity index (χ1v) is 30.3. The van der Waals surface area contributed by atoms with E-state index in [1.165, 1.54) is 6.92 Å². The molecule has 9 atom stereocenters. The quantitative estimate of drug-likeness (QED) is 0.0380. The fourth-order valence-corrected chi connectivity index (χ4v) is 9.36. The van der Waals surface area contributed by atoms with Crippen LogP contribution in [0.4, 0.5) is 0 Å². The molecular weight excluding hydrogens is 1140 g/mol. The van der Waals surface area contributed by atoms with Gasteiger partial charge >= 0.3 is 5.97 Å². The Labute approximate surface area is 521 Å². The summed E-state index contributed by atoms with van der Waals surface area (Å²) in [5.74, 6) is -10.6. The lowest BCUT2D eigenvalue weighted by atomic mass is 9.98. The Balaban J connectivity index is 1.79. The zero-order valence-electron chi connectivity index (χ0n) is 53.0. The van der Waals surface area contributed by atoms with Gasteiger partial charge in [0.15, 0.2) is 0 Å². The lowest BCUT2D eigenvalue weighted by Crippen LogP contribution is -2.60. The van der Waals surface area contributed by atoms with Crippen LogP contribution in [0, 0.1) is 29.6 Å². The molecule has 0 aromatic heterocycles. The predicted octanol–water partition coefficient (Wildman–Crippen LogP) is 0.824. The van der Waals surface area contributed by atoms with E-state index in [9.17, 15) is 62.6 Å². The molecule has 488 valence electrons. The van der Waals surface area contributed by atoms with Crippen LogP contribution in [0.15, 0.2) is 91.0 Å². The second kappa shape index (κ2) is 37.8. The van der Waals surface area contributed by atoms with E-state index >= 15 is 0 Å². The van der Waals surface area contributed by atoms with Crippen LogP contribution in [0.2, 0.25) is 0 Å². The van der Waals surface area contributed by atoms with Crippen molar-refractivity contribution in [1.82, 2.24) is 58.5 Å². The summed E-state index contributed by atoms with van der Waals surface area (Å²) in [6.45, 7) is 17.3. The number of rotatable bonds is 37. The van der Waals surface area contributed by atoms with Crippen molar-refractivity contribution < 1.29 is 62.6 Å². The van der Waals surface area contributed by atoms with Crippen molar-refractivity contribution in [2.75, 3.05) is 19.6 Å². The van der Waals surface area contributed by atoms with E-state index in [4.69, 9.17) is 5.73 Å². The first kappa shape index (κ1) is 74.5. The maximum absolute atomic E-state index is 14.3. The van der Waals surface area contributed by atoms with Gasteiger partial charge in [-0.05, 0) is 72.5 Å². The number of aliphatic carboxylic acids is 1. The molecule has 0 spiro atoms. The van der Waals surface area contributed by atoms with Gasteiger partial charge in [0, 0.05) is 19.3 Å². The average molecular weight is 1240 g/mol. The zero-order valence-corrected chi connectivity index (χ0v) is 53.0. The number of hydrogen-bond acceptors (Lipinski definition) is 13. The van der Waals surface area contributed by atoms with Crippen LogP contribution in [0.1, 0.15) is 112 Å². The first-order chi connectivity index (χ1) is 42.0. The molecule has 3 aromatic rings. The van der Waals surface area contributed by atoms with Gasteiger partial charge in [-0.1, -0.05) is 160 Å². The summed E-state index contributed by atoms with van der Waals surface area (Å²) in [6.07, 6.45) is 0.295. The molecular formula is C64H94N12O13. The van der Waals surface area contributed by atoms with Gasteiger partial charge in [0.1, 0.15) is 54.4 Å². The number of carboxylic acids is 1. The summed E-state index contributed by atoms with van der Waals surface area (Å²) < 4.78 is 0. The largest absolute Gasteiger partial charge is 0.480 e. The van der Waals surface area contributed by atoms with Crippen molar-refractivity contribution >= 4 is 70.9 Å². The minimum absolute atomic E-state index is 0.0185. The van der Waals surface area contributed by atoms with Crippen molar-refractivity contribution in [2.24, 2.45) is 35.3 Å². The molecule has 0 aliphatic carbocycles. The number of nitrogens with one attached hydrogen (secondary N) is 11. The van der Waals surface area contributed by atoms with Gasteiger partial charge in [0.05, 0.1) is 19.6 Å². The van der Waals surface area contributed by atoms with Crippen LogP contribution < -0.4 is 64.2 Å². The van der Waals surface area contributed by atoms with E-state index in [0.29, 0.717) is 16.7 Å². The molecule has 14 N–H and O–H groups in total. The third-order valence-electron chi connectivity index (χ3n) is 14.1. The second-order valence-electron chi connectivity index (χ2n) is 24.2. The summed E-state index contributed by atoms with van der Waals surface area (Å²) in [6, 6.07) is 15.4. The Bertz CT molecular complexity index is 2840. The van der Waals surface area contributed by atoms with Crippen molar-refractivity contribution in [2.45, 2.75) is 169 Å². The highest BCUT2D eigenvalue weighted by molar-refractivity contribution is 5.98. The zero-order chi connectivity index (χ0) is 66.5. The minimum Gasteiger partial charge on any atom is -0.480 e. The number of benzene rings is 3. The normalized spacial score (nSPS) is 14.3. The molecule has 0 radical (unpaired) electrons. The van der Waals surface area contributed by atoms with Crippen molar-refractivity contribution in [3.8, 4) is 0 Å². The van der Waals surface area contributed by atoms with Crippen molar-refractivity contribution in [3.05, 3.63) is 108 Å². The molecule has 0 bridgehead atoms. The van der Waals surface area contributed by atoms with E-state index in [-0.39, 0.29) is 68.7 Å². The molecule has 0 unspecified atom stereocenters. The Morgan fingerprint density at radius 3 is 0.966 bits per heavy atom. The summed E-state index contributed by atoms with van der Waals surface area (Å²) in [5, 5.41) is 38.4. The van der Waals surface area contributed by atoms with Gasteiger partial charge in [-0.2, -0.15) is 0 Å². The standard InChI is InChI=1S/C64H94N12O13/c1-36(2)27-45(56(80)66-34-52(78)70-49(31-43-23-17-13-18-24-43)60(84)72-47(29-38(5)6)58(82)68-41(11)64(88)89)71-59(83)48(30-42-21-15-12-16-22-42)69-53(79)35-67-57(81)46(28-37(3)4)73-63(87)55(40(9)10)76-61(85)50(32-44-25-19-14-20-26-44)74-62(86)54(39(7)8)75-51(77)33-65/h12-26,36-41,45-50,54-55H,27-35,65H2,1-11H3,(H,66,80)(H,67,81)(H,68,82)(H,69,79)(H,70,78)(H,71,83)(H,72,84)(H,73,87)(H,74,86)(H,75,77)(H,76,85)(H,88,89)/t41-,45-,46-,47-,48-,49-,50-,54-,55-/m0/s1. The summed E-state index contributed by atoms with van der Waals surface area (Å²) in [4.78, 5) is 162. The van der Waals surface area contributed by atoms with Crippen LogP contribution in [-0.2, 0) is 76.8 Å². The van der Waals surface area contributed by atoms with Gasteiger partial charge in [0.25, 0.3) is 0 Å². The highest BCUT2D eigenvalue weighted by atomic mass is 16.4. The lowest BCUT2D eigenvalue weighted by molar-refractivity contribution is -0.142. The first-order valence-electron chi connectivity index (χ1n) is 30.3. The van der Waals surface area contributed by atoms with E-state index in [0.717, 1.165) is 0 Å². The minimum atomic E-state index is -1.31. The molecule has 25 heteroatoms. The third-order valence-corrected chi connectivity index (χ3v) is 14.1. The van der Waals surface area contributed by atoms with Crippen LogP contribution in [-0.4, -0.2) is 150 Å². The maximum Gasteiger partial charge on any atom is 0.325 e. The van der Waals surface area contributed by atoms with Crippen LogP contribution in [0.25, 0.3) is 0 Å². The summed E-state index contributed by atoms with van der Waals surface area (Å²) in [5.41, 5.74) is 7.49. The van der Waals surface area contributed by atoms with Gasteiger partial charge in [-0.15, -0.1) is 0 Å². The van der Waals surface area contributed by atoms with Gasteiger partial charge in [0.2, 0.25) is 65.0 Å². The molecule has 25 nitrogen and oxygen atoms in total. The number of carbonyl (C=O) groups is 12. The molecule has 0 aliphatic rings. The van der Waals surface area contributed by atoms with Crippen LogP contribution in [0.5, 0.6) is 0 Å². The highest BCUT2D eigenvalue weighted by Crippen LogP contribution is 2.14. The SMILES string of the molecule is CC(C)C[C@H](NC(=O)[C@H](Cc1ccccc1)NC(=O)CNC(=O)[C@H](CC(C)C)NC(=O)[C@@H](NC(=O)[C@H](Cc1ccccc1)NC(=O)[C@@H](NC(=O)CN)C(C)C)C(C)C)C(=O)NCC(=O)N[C@@H](Cc1ccccc1)C(=O)N[C@@H](CC(C)C)C(=O)N[C@@H](C)C(=O)O. The Kier molecular flexibility index (Phi) is 31.7. The van der Waals surface area contributed by atoms with E-state index in [2.05, 4.69) is 58.5 Å².